The van der Waals surface area contributed by atoms with Crippen LogP contribution in [-0.4, -0.2) is 52.5 Å². The highest BCUT2D eigenvalue weighted by Gasteiger charge is 2.35. The molecule has 6 heteroatoms. The Labute approximate surface area is 165 Å². The van der Waals surface area contributed by atoms with Crippen molar-refractivity contribution >= 4 is 17.5 Å². The summed E-state index contributed by atoms with van der Waals surface area (Å²) in [4.78, 5) is 21.4. The Balaban J connectivity index is 1.58. The van der Waals surface area contributed by atoms with Crippen LogP contribution in [0.25, 0.3) is 0 Å². The Morgan fingerprint density at radius 1 is 1.07 bits per heavy atom. The molecular formula is C21H26ClN3O2. The number of ether oxygens (including phenoxy) is 1. The molecule has 0 saturated carbocycles. The highest BCUT2D eigenvalue weighted by Crippen LogP contribution is 2.23. The van der Waals surface area contributed by atoms with E-state index in [2.05, 4.69) is 9.88 Å². The summed E-state index contributed by atoms with van der Waals surface area (Å²) in [6.07, 6.45) is 4.59. The number of carbonyl (C=O) groups excluding carboxylic acids is 1. The summed E-state index contributed by atoms with van der Waals surface area (Å²) >= 11 is 5.92. The molecule has 0 aliphatic carbocycles. The molecule has 1 aliphatic heterocycles. The number of hydrogen-bond donors (Lipinski definition) is 0. The number of rotatable bonds is 5. The van der Waals surface area contributed by atoms with Crippen molar-refractivity contribution in [2.24, 2.45) is 0 Å². The molecule has 0 bridgehead atoms. The maximum atomic E-state index is 13.1. The van der Waals surface area contributed by atoms with Crippen LogP contribution in [0.2, 0.25) is 5.02 Å². The number of benzene rings is 1. The van der Waals surface area contributed by atoms with E-state index in [-0.39, 0.29) is 5.91 Å². The largest absolute Gasteiger partial charge is 0.478 e. The van der Waals surface area contributed by atoms with E-state index in [4.69, 9.17) is 16.3 Å². The fourth-order valence-electron chi connectivity index (χ4n) is 3.30. The molecule has 1 aromatic heterocycles. The fourth-order valence-corrected chi connectivity index (χ4v) is 3.43. The standard InChI is InChI=1S/C21H26ClN3O2/c1-21(2,27-19-6-4-18(22)5-7-19)20(26)25-13-3-12-24(14-15-25)16-17-8-10-23-11-9-17/h4-11H,3,12-16H2,1-2H3. The smallest absolute Gasteiger partial charge is 0.266 e. The molecular weight excluding hydrogens is 362 g/mol. The van der Waals surface area contributed by atoms with E-state index in [1.165, 1.54) is 5.56 Å². The minimum Gasteiger partial charge on any atom is -0.478 e. The molecule has 3 rings (SSSR count). The van der Waals surface area contributed by atoms with Crippen molar-refractivity contribution in [2.45, 2.75) is 32.4 Å². The lowest BCUT2D eigenvalue weighted by molar-refractivity contribution is -0.145. The van der Waals surface area contributed by atoms with Gasteiger partial charge in [-0.05, 0) is 62.2 Å². The van der Waals surface area contributed by atoms with Gasteiger partial charge in [0.15, 0.2) is 5.60 Å². The lowest BCUT2D eigenvalue weighted by Crippen LogP contribution is -2.50. The van der Waals surface area contributed by atoms with E-state index in [1.807, 2.05) is 43.3 Å². The number of pyridine rings is 1. The predicted molar refractivity (Wildman–Crippen MR) is 107 cm³/mol. The van der Waals surface area contributed by atoms with Crippen LogP contribution < -0.4 is 4.74 Å². The molecule has 144 valence electrons. The van der Waals surface area contributed by atoms with Crippen molar-refractivity contribution in [3.63, 3.8) is 0 Å². The number of halogens is 1. The zero-order valence-electron chi connectivity index (χ0n) is 15.9. The van der Waals surface area contributed by atoms with E-state index in [0.717, 1.165) is 32.6 Å². The molecule has 1 amide bonds. The van der Waals surface area contributed by atoms with Gasteiger partial charge in [0.25, 0.3) is 5.91 Å². The average molecular weight is 388 g/mol. The molecule has 0 unspecified atom stereocenters. The molecule has 1 aliphatic rings. The van der Waals surface area contributed by atoms with Crippen LogP contribution in [-0.2, 0) is 11.3 Å². The SMILES string of the molecule is CC(C)(Oc1ccc(Cl)cc1)C(=O)N1CCCN(Cc2ccncc2)CC1. The molecule has 0 radical (unpaired) electrons. The Morgan fingerprint density at radius 2 is 1.78 bits per heavy atom. The van der Waals surface area contributed by atoms with Gasteiger partial charge in [0.2, 0.25) is 0 Å². The number of amides is 1. The highest BCUT2D eigenvalue weighted by molar-refractivity contribution is 6.30. The normalized spacial score (nSPS) is 16.0. The summed E-state index contributed by atoms with van der Waals surface area (Å²) in [6.45, 7) is 7.81. The molecule has 1 saturated heterocycles. The Hall–Kier alpha value is -2.11. The monoisotopic (exact) mass is 387 g/mol. The molecule has 0 atom stereocenters. The first-order valence-corrected chi connectivity index (χ1v) is 9.67. The third-order valence-electron chi connectivity index (χ3n) is 4.73. The summed E-state index contributed by atoms with van der Waals surface area (Å²) in [5.41, 5.74) is 0.324. The predicted octanol–water partition coefficient (Wildman–Crippen LogP) is 3.63. The average Bonchev–Trinajstić information content (AvgIpc) is 2.89. The van der Waals surface area contributed by atoms with Gasteiger partial charge >= 0.3 is 0 Å². The van der Waals surface area contributed by atoms with Gasteiger partial charge in [0.05, 0.1) is 0 Å². The van der Waals surface area contributed by atoms with Crippen LogP contribution in [0, 0.1) is 0 Å². The summed E-state index contributed by atoms with van der Waals surface area (Å²) in [5, 5.41) is 0.647. The quantitative estimate of drug-likeness (QED) is 0.786. The molecule has 1 aromatic carbocycles. The van der Waals surface area contributed by atoms with E-state index in [0.29, 0.717) is 17.3 Å². The van der Waals surface area contributed by atoms with Gasteiger partial charge in [-0.3, -0.25) is 14.7 Å². The van der Waals surface area contributed by atoms with Gasteiger partial charge in [0, 0.05) is 50.1 Å². The van der Waals surface area contributed by atoms with Crippen LogP contribution in [0.15, 0.2) is 48.8 Å². The fraction of sp³-hybridized carbons (Fsp3) is 0.429. The van der Waals surface area contributed by atoms with E-state index >= 15 is 0 Å². The van der Waals surface area contributed by atoms with E-state index in [9.17, 15) is 4.79 Å². The first-order chi connectivity index (χ1) is 12.9. The molecule has 0 N–H and O–H groups in total. The highest BCUT2D eigenvalue weighted by atomic mass is 35.5. The van der Waals surface area contributed by atoms with Gasteiger partial charge in [-0.2, -0.15) is 0 Å². The first-order valence-electron chi connectivity index (χ1n) is 9.29. The van der Waals surface area contributed by atoms with E-state index in [1.54, 1.807) is 24.3 Å². The molecule has 0 spiro atoms. The third-order valence-corrected chi connectivity index (χ3v) is 4.98. The zero-order valence-corrected chi connectivity index (χ0v) is 16.7. The van der Waals surface area contributed by atoms with Gasteiger partial charge in [-0.25, -0.2) is 0 Å². The molecule has 27 heavy (non-hydrogen) atoms. The molecule has 5 nitrogen and oxygen atoms in total. The molecule has 2 heterocycles. The summed E-state index contributed by atoms with van der Waals surface area (Å²) in [6, 6.07) is 11.2. The van der Waals surface area contributed by atoms with E-state index < -0.39 is 5.60 Å². The van der Waals surface area contributed by atoms with Crippen molar-refractivity contribution in [2.75, 3.05) is 26.2 Å². The van der Waals surface area contributed by atoms with Crippen LogP contribution in [0.1, 0.15) is 25.8 Å². The number of hydrogen-bond acceptors (Lipinski definition) is 4. The van der Waals surface area contributed by atoms with Crippen molar-refractivity contribution in [3.05, 3.63) is 59.4 Å². The zero-order chi connectivity index (χ0) is 19.3. The Bertz CT molecular complexity index is 750. The third kappa shape index (κ3) is 5.44. The van der Waals surface area contributed by atoms with Crippen LogP contribution in [0.4, 0.5) is 0 Å². The van der Waals surface area contributed by atoms with Gasteiger partial charge in [0.1, 0.15) is 5.75 Å². The molecule has 1 fully saturated rings. The topological polar surface area (TPSA) is 45.7 Å². The summed E-state index contributed by atoms with van der Waals surface area (Å²) in [7, 11) is 0. The number of aromatic nitrogens is 1. The second-order valence-corrected chi connectivity index (χ2v) is 7.78. The lowest BCUT2D eigenvalue weighted by Gasteiger charge is -2.32. The maximum Gasteiger partial charge on any atom is 0.266 e. The van der Waals surface area contributed by atoms with Crippen molar-refractivity contribution < 1.29 is 9.53 Å². The first kappa shape index (κ1) is 19.6. The van der Waals surface area contributed by atoms with Crippen LogP contribution in [0.3, 0.4) is 0 Å². The van der Waals surface area contributed by atoms with Crippen LogP contribution >= 0.6 is 11.6 Å². The van der Waals surface area contributed by atoms with Crippen molar-refractivity contribution in [3.8, 4) is 5.75 Å². The van der Waals surface area contributed by atoms with Crippen molar-refractivity contribution in [1.82, 2.24) is 14.8 Å². The summed E-state index contributed by atoms with van der Waals surface area (Å²) < 4.78 is 5.96. The molecule has 2 aromatic rings. The number of carbonyl (C=O) groups is 1. The minimum absolute atomic E-state index is 0.0169. The minimum atomic E-state index is -0.923. The van der Waals surface area contributed by atoms with Gasteiger partial charge in [-0.1, -0.05) is 11.6 Å². The summed E-state index contributed by atoms with van der Waals surface area (Å²) in [5.74, 6) is 0.662. The number of nitrogens with zero attached hydrogens (tertiary/aromatic N) is 3. The Morgan fingerprint density at radius 3 is 2.48 bits per heavy atom. The Kier molecular flexibility index (Phi) is 6.34. The maximum absolute atomic E-state index is 13.1. The van der Waals surface area contributed by atoms with Crippen molar-refractivity contribution in [1.29, 1.82) is 0 Å². The van der Waals surface area contributed by atoms with Crippen LogP contribution in [0.5, 0.6) is 5.75 Å². The second-order valence-electron chi connectivity index (χ2n) is 7.34. The van der Waals surface area contributed by atoms with Gasteiger partial charge in [-0.15, -0.1) is 0 Å². The van der Waals surface area contributed by atoms with Gasteiger partial charge < -0.3 is 9.64 Å². The lowest BCUT2D eigenvalue weighted by atomic mass is 10.1. The second kappa shape index (κ2) is 8.72.